The zero-order valence-electron chi connectivity index (χ0n) is 7.74. The van der Waals surface area contributed by atoms with E-state index in [9.17, 15) is 8.42 Å². The van der Waals surface area contributed by atoms with Crippen molar-refractivity contribution in [2.45, 2.75) is 19.4 Å². The highest BCUT2D eigenvalue weighted by molar-refractivity contribution is 7.87. The minimum Gasteiger partial charge on any atom is -0.330 e. The molecule has 0 saturated carbocycles. The largest absolute Gasteiger partial charge is 0.330 e. The minimum atomic E-state index is -3.29. The Morgan fingerprint density at radius 1 is 1.58 bits per heavy atom. The third kappa shape index (κ3) is 3.06. The topological polar surface area (TPSA) is 75.4 Å². The van der Waals surface area contributed by atoms with Gasteiger partial charge in [0.15, 0.2) is 0 Å². The molecular weight excluding hydrogens is 178 g/mol. The fourth-order valence-electron chi connectivity index (χ4n) is 0.804. The number of hydrogen-bond acceptors (Lipinski definition) is 3. The Morgan fingerprint density at radius 2 is 2.08 bits per heavy atom. The van der Waals surface area contributed by atoms with E-state index in [0.717, 1.165) is 0 Å². The second-order valence-corrected chi connectivity index (χ2v) is 4.59. The Kier molecular flexibility index (Phi) is 4.69. The monoisotopic (exact) mass is 195 g/mol. The molecule has 6 heteroatoms. The summed E-state index contributed by atoms with van der Waals surface area (Å²) in [6, 6.07) is -0.0625. The maximum absolute atomic E-state index is 11.2. The van der Waals surface area contributed by atoms with Crippen molar-refractivity contribution in [2.75, 3.05) is 20.6 Å². The highest BCUT2D eigenvalue weighted by atomic mass is 32.2. The van der Waals surface area contributed by atoms with Crippen LogP contribution in [0.25, 0.3) is 0 Å². The Morgan fingerprint density at radius 3 is 2.42 bits per heavy atom. The van der Waals surface area contributed by atoms with Crippen molar-refractivity contribution in [3.05, 3.63) is 0 Å². The lowest BCUT2D eigenvalue weighted by Gasteiger charge is -2.22. The van der Waals surface area contributed by atoms with E-state index in [2.05, 4.69) is 4.72 Å². The fraction of sp³-hybridized carbons (Fsp3) is 1.00. The number of nitrogens with one attached hydrogen (secondary N) is 1. The standard InChI is InChI=1S/C6H17N3O2S/c1-6(4-5-7)9(3)12(10,11)8-2/h6,8H,4-5,7H2,1-3H3. The molecule has 74 valence electrons. The molecular formula is C6H17N3O2S. The van der Waals surface area contributed by atoms with Crippen LogP contribution in [-0.2, 0) is 10.2 Å². The average Bonchev–Trinajstić information content (AvgIpc) is 2.03. The fourth-order valence-corrected chi connectivity index (χ4v) is 1.67. The van der Waals surface area contributed by atoms with Crippen molar-refractivity contribution >= 4 is 10.2 Å². The molecule has 1 unspecified atom stereocenters. The van der Waals surface area contributed by atoms with Crippen LogP contribution in [-0.4, -0.2) is 39.4 Å². The normalized spacial score (nSPS) is 15.1. The smallest absolute Gasteiger partial charge is 0.279 e. The van der Waals surface area contributed by atoms with E-state index in [-0.39, 0.29) is 6.04 Å². The van der Waals surface area contributed by atoms with Gasteiger partial charge < -0.3 is 5.73 Å². The lowest BCUT2D eigenvalue weighted by molar-refractivity contribution is 0.370. The Bertz CT molecular complexity index is 215. The maximum Gasteiger partial charge on any atom is 0.279 e. The summed E-state index contributed by atoms with van der Waals surface area (Å²) in [5.41, 5.74) is 5.31. The number of nitrogens with two attached hydrogens (primary N) is 1. The van der Waals surface area contributed by atoms with Crippen LogP contribution in [0.2, 0.25) is 0 Å². The van der Waals surface area contributed by atoms with E-state index in [1.807, 2.05) is 6.92 Å². The van der Waals surface area contributed by atoms with E-state index in [0.29, 0.717) is 13.0 Å². The zero-order valence-corrected chi connectivity index (χ0v) is 8.56. The molecule has 0 heterocycles. The predicted octanol–water partition coefficient (Wildman–Crippen LogP) is -0.880. The van der Waals surface area contributed by atoms with Crippen molar-refractivity contribution in [1.29, 1.82) is 0 Å². The van der Waals surface area contributed by atoms with Crippen LogP contribution in [0, 0.1) is 0 Å². The van der Waals surface area contributed by atoms with Gasteiger partial charge in [0.1, 0.15) is 0 Å². The number of rotatable bonds is 5. The lowest BCUT2D eigenvalue weighted by Crippen LogP contribution is -2.42. The van der Waals surface area contributed by atoms with Gasteiger partial charge in [-0.15, -0.1) is 0 Å². The third-order valence-corrected chi connectivity index (χ3v) is 3.48. The van der Waals surface area contributed by atoms with Gasteiger partial charge >= 0.3 is 0 Å². The maximum atomic E-state index is 11.2. The molecule has 0 spiro atoms. The second-order valence-electron chi connectivity index (χ2n) is 2.65. The van der Waals surface area contributed by atoms with E-state index < -0.39 is 10.2 Å². The lowest BCUT2D eigenvalue weighted by atomic mass is 10.2. The highest BCUT2D eigenvalue weighted by Gasteiger charge is 2.20. The highest BCUT2D eigenvalue weighted by Crippen LogP contribution is 2.03. The summed E-state index contributed by atoms with van der Waals surface area (Å²) in [4.78, 5) is 0. The molecule has 12 heavy (non-hydrogen) atoms. The summed E-state index contributed by atoms with van der Waals surface area (Å²) in [5, 5.41) is 0. The van der Waals surface area contributed by atoms with Crippen LogP contribution in [0.5, 0.6) is 0 Å². The van der Waals surface area contributed by atoms with Crippen molar-refractivity contribution in [2.24, 2.45) is 5.73 Å². The summed E-state index contributed by atoms with van der Waals surface area (Å²) in [5.74, 6) is 0. The Labute approximate surface area is 74.1 Å². The van der Waals surface area contributed by atoms with Crippen LogP contribution in [0.15, 0.2) is 0 Å². The minimum absolute atomic E-state index is 0.0625. The SMILES string of the molecule is CNS(=O)(=O)N(C)C(C)CCN. The summed E-state index contributed by atoms with van der Waals surface area (Å²) < 4.78 is 25.9. The van der Waals surface area contributed by atoms with Crippen LogP contribution in [0.3, 0.4) is 0 Å². The van der Waals surface area contributed by atoms with Gasteiger partial charge in [-0.05, 0) is 19.9 Å². The van der Waals surface area contributed by atoms with Crippen LogP contribution < -0.4 is 10.5 Å². The molecule has 0 aliphatic carbocycles. The predicted molar refractivity (Wildman–Crippen MR) is 48.9 cm³/mol. The molecule has 0 aromatic rings. The summed E-state index contributed by atoms with van der Waals surface area (Å²) in [7, 11) is -0.368. The zero-order chi connectivity index (χ0) is 9.78. The third-order valence-electron chi connectivity index (χ3n) is 1.84. The second kappa shape index (κ2) is 4.76. The number of nitrogens with zero attached hydrogens (tertiary/aromatic N) is 1. The molecule has 3 N–H and O–H groups in total. The first-order chi connectivity index (χ1) is 5.45. The van der Waals surface area contributed by atoms with E-state index in [1.54, 1.807) is 0 Å². The first kappa shape index (κ1) is 11.8. The summed E-state index contributed by atoms with van der Waals surface area (Å²) >= 11 is 0. The molecule has 5 nitrogen and oxygen atoms in total. The van der Waals surface area contributed by atoms with Crippen molar-refractivity contribution in [3.63, 3.8) is 0 Å². The molecule has 0 rings (SSSR count). The van der Waals surface area contributed by atoms with Crippen LogP contribution in [0.1, 0.15) is 13.3 Å². The summed E-state index contributed by atoms with van der Waals surface area (Å²) in [6.45, 7) is 2.31. The first-order valence-corrected chi connectivity index (χ1v) is 5.26. The molecule has 0 saturated heterocycles. The van der Waals surface area contributed by atoms with Gasteiger partial charge in [0.05, 0.1) is 0 Å². The van der Waals surface area contributed by atoms with Crippen LogP contribution in [0.4, 0.5) is 0 Å². The molecule has 0 radical (unpaired) electrons. The number of hydrogen-bond donors (Lipinski definition) is 2. The van der Waals surface area contributed by atoms with Crippen molar-refractivity contribution in [3.8, 4) is 0 Å². The first-order valence-electron chi connectivity index (χ1n) is 3.82. The van der Waals surface area contributed by atoms with Crippen LogP contribution >= 0.6 is 0 Å². The van der Waals surface area contributed by atoms with Crippen molar-refractivity contribution < 1.29 is 8.42 Å². The summed E-state index contributed by atoms with van der Waals surface area (Å²) in [6.07, 6.45) is 0.664. The average molecular weight is 195 g/mol. The van der Waals surface area contributed by atoms with E-state index >= 15 is 0 Å². The molecule has 0 fully saturated rings. The van der Waals surface area contributed by atoms with Gasteiger partial charge in [-0.1, -0.05) is 0 Å². The molecule has 0 aliphatic rings. The molecule has 0 aliphatic heterocycles. The van der Waals surface area contributed by atoms with Gasteiger partial charge in [0.25, 0.3) is 10.2 Å². The van der Waals surface area contributed by atoms with Crippen molar-refractivity contribution in [1.82, 2.24) is 9.03 Å². The van der Waals surface area contributed by atoms with E-state index in [4.69, 9.17) is 5.73 Å². The van der Waals surface area contributed by atoms with E-state index in [1.165, 1.54) is 18.4 Å². The molecule has 0 bridgehead atoms. The van der Waals surface area contributed by atoms with Gasteiger partial charge in [-0.3, -0.25) is 0 Å². The molecule has 0 aromatic carbocycles. The van der Waals surface area contributed by atoms with Gasteiger partial charge in [-0.25, -0.2) is 4.72 Å². The Balaban J connectivity index is 4.28. The quantitative estimate of drug-likeness (QED) is 0.598. The molecule has 1 atom stereocenters. The van der Waals surface area contributed by atoms with Gasteiger partial charge in [0, 0.05) is 20.1 Å². The van der Waals surface area contributed by atoms with Gasteiger partial charge in [0.2, 0.25) is 0 Å². The molecule has 0 aromatic heterocycles. The van der Waals surface area contributed by atoms with Gasteiger partial charge in [-0.2, -0.15) is 12.7 Å². The Hall–Kier alpha value is -0.170. The molecule has 0 amide bonds.